The Labute approximate surface area is 88.1 Å². The summed E-state index contributed by atoms with van der Waals surface area (Å²) < 4.78 is 5.25. The van der Waals surface area contributed by atoms with E-state index in [1.54, 1.807) is 0 Å². The molecule has 0 aliphatic heterocycles. The lowest BCUT2D eigenvalue weighted by atomic mass is 10.4. The van der Waals surface area contributed by atoms with Gasteiger partial charge in [-0.2, -0.15) is 0 Å². The predicted molar refractivity (Wildman–Crippen MR) is 59.4 cm³/mol. The van der Waals surface area contributed by atoms with Crippen LogP contribution >= 0.6 is 0 Å². The van der Waals surface area contributed by atoms with Gasteiger partial charge in [-0.1, -0.05) is 19.3 Å². The van der Waals surface area contributed by atoms with Crippen LogP contribution in [0.15, 0.2) is 0 Å². The largest absolute Gasteiger partial charge is 0.394 e. The third kappa shape index (κ3) is 40.7. The molecule has 0 aromatic carbocycles. The molecular formula is C11H26O3. The molecule has 0 radical (unpaired) electrons. The van der Waals surface area contributed by atoms with Crippen LogP contribution in [0.4, 0.5) is 0 Å². The molecule has 0 heterocycles. The quantitative estimate of drug-likeness (QED) is 0.742. The van der Waals surface area contributed by atoms with Gasteiger partial charge in [0.2, 0.25) is 0 Å². The van der Waals surface area contributed by atoms with Crippen molar-refractivity contribution in [2.45, 2.75) is 59.2 Å². The van der Waals surface area contributed by atoms with Crippen LogP contribution in [-0.2, 0) is 4.74 Å². The first kappa shape index (κ1) is 16.3. The normalized spacial score (nSPS) is 12.9. The second kappa shape index (κ2) is 12.9. The maximum absolute atomic E-state index is 7.62. The molecule has 1 rings (SSSR count). The SMILES string of the molecule is C1CC1.CC(C)OC(C)C.OCCO. The lowest BCUT2D eigenvalue weighted by Crippen LogP contribution is -2.09. The van der Waals surface area contributed by atoms with E-state index in [1.807, 2.05) is 27.7 Å². The van der Waals surface area contributed by atoms with E-state index in [2.05, 4.69) is 0 Å². The fourth-order valence-corrected chi connectivity index (χ4v) is 0.544. The van der Waals surface area contributed by atoms with Crippen LogP contribution < -0.4 is 0 Å². The molecule has 0 aromatic heterocycles. The van der Waals surface area contributed by atoms with Gasteiger partial charge in [-0.3, -0.25) is 0 Å². The van der Waals surface area contributed by atoms with Crippen molar-refractivity contribution in [3.8, 4) is 0 Å². The van der Waals surface area contributed by atoms with Crippen LogP contribution in [0, 0.1) is 0 Å². The first-order chi connectivity index (χ1) is 6.54. The molecule has 0 amide bonds. The third-order valence-electron chi connectivity index (χ3n) is 0.998. The van der Waals surface area contributed by atoms with E-state index in [1.165, 1.54) is 19.3 Å². The van der Waals surface area contributed by atoms with Gasteiger partial charge in [0.1, 0.15) is 0 Å². The predicted octanol–water partition coefficient (Wildman–Crippen LogP) is 1.96. The minimum atomic E-state index is -0.125. The third-order valence-corrected chi connectivity index (χ3v) is 0.998. The molecule has 0 saturated heterocycles. The molecule has 14 heavy (non-hydrogen) atoms. The first-order valence-electron chi connectivity index (χ1n) is 5.41. The summed E-state index contributed by atoms with van der Waals surface area (Å²) in [5, 5.41) is 15.2. The Balaban J connectivity index is 0. The monoisotopic (exact) mass is 206 g/mol. The standard InChI is InChI=1S/C6H14O.C3H6.C2H6O2/c1-5(2)7-6(3)4;1-2-3-1;3-1-2-4/h5-6H,1-4H3;1-3H2;3-4H,1-2H2. The van der Waals surface area contributed by atoms with E-state index in [9.17, 15) is 0 Å². The summed E-state index contributed by atoms with van der Waals surface area (Å²) in [5.41, 5.74) is 0. The summed E-state index contributed by atoms with van der Waals surface area (Å²) in [7, 11) is 0. The highest BCUT2D eigenvalue weighted by Gasteiger charge is 1.95. The van der Waals surface area contributed by atoms with Crippen molar-refractivity contribution in [1.82, 2.24) is 0 Å². The first-order valence-corrected chi connectivity index (χ1v) is 5.41. The second-order valence-electron chi connectivity index (χ2n) is 3.74. The van der Waals surface area contributed by atoms with E-state index >= 15 is 0 Å². The van der Waals surface area contributed by atoms with E-state index in [0.717, 1.165) is 0 Å². The molecule has 88 valence electrons. The maximum atomic E-state index is 7.62. The van der Waals surface area contributed by atoms with Crippen LogP contribution in [0.5, 0.6) is 0 Å². The van der Waals surface area contributed by atoms with E-state index < -0.39 is 0 Å². The Morgan fingerprint density at radius 3 is 1.14 bits per heavy atom. The molecule has 1 fully saturated rings. The Hall–Kier alpha value is -0.120. The summed E-state index contributed by atoms with van der Waals surface area (Å²) in [6.45, 7) is 7.92. The number of ether oxygens (including phenoxy) is 1. The van der Waals surface area contributed by atoms with Gasteiger partial charge in [0, 0.05) is 0 Å². The summed E-state index contributed by atoms with van der Waals surface area (Å²) in [4.78, 5) is 0. The minimum Gasteiger partial charge on any atom is -0.394 e. The molecule has 1 saturated carbocycles. The molecule has 0 bridgehead atoms. The zero-order valence-corrected chi connectivity index (χ0v) is 9.99. The molecule has 0 unspecified atom stereocenters. The van der Waals surface area contributed by atoms with Crippen LogP contribution in [0.1, 0.15) is 47.0 Å². The number of hydrogen-bond donors (Lipinski definition) is 2. The molecule has 0 spiro atoms. The van der Waals surface area contributed by atoms with Crippen molar-refractivity contribution in [2.24, 2.45) is 0 Å². The Bertz CT molecular complexity index is 79.8. The van der Waals surface area contributed by atoms with Gasteiger partial charge in [0.05, 0.1) is 25.4 Å². The average molecular weight is 206 g/mol. The summed E-state index contributed by atoms with van der Waals surface area (Å²) >= 11 is 0. The van der Waals surface area contributed by atoms with Gasteiger partial charge < -0.3 is 14.9 Å². The Morgan fingerprint density at radius 1 is 0.857 bits per heavy atom. The van der Waals surface area contributed by atoms with Crippen LogP contribution in [0.2, 0.25) is 0 Å². The minimum absolute atomic E-state index is 0.125. The van der Waals surface area contributed by atoms with Crippen molar-refractivity contribution < 1.29 is 14.9 Å². The van der Waals surface area contributed by atoms with Crippen molar-refractivity contribution in [2.75, 3.05) is 13.2 Å². The van der Waals surface area contributed by atoms with Crippen molar-refractivity contribution >= 4 is 0 Å². The summed E-state index contributed by atoms with van der Waals surface area (Å²) in [5.74, 6) is 0. The number of aliphatic hydroxyl groups is 2. The van der Waals surface area contributed by atoms with Crippen molar-refractivity contribution in [3.05, 3.63) is 0 Å². The summed E-state index contributed by atoms with van der Waals surface area (Å²) in [6.07, 6.45) is 5.25. The van der Waals surface area contributed by atoms with E-state index in [4.69, 9.17) is 14.9 Å². The van der Waals surface area contributed by atoms with Crippen molar-refractivity contribution in [3.63, 3.8) is 0 Å². The van der Waals surface area contributed by atoms with Crippen molar-refractivity contribution in [1.29, 1.82) is 0 Å². The lowest BCUT2D eigenvalue weighted by molar-refractivity contribution is 0.0300. The number of aliphatic hydroxyl groups excluding tert-OH is 2. The van der Waals surface area contributed by atoms with Gasteiger partial charge in [-0.15, -0.1) is 0 Å². The van der Waals surface area contributed by atoms with Gasteiger partial charge in [0.15, 0.2) is 0 Å². The molecule has 1 aliphatic carbocycles. The van der Waals surface area contributed by atoms with E-state index in [-0.39, 0.29) is 13.2 Å². The van der Waals surface area contributed by atoms with Crippen LogP contribution in [-0.4, -0.2) is 35.6 Å². The average Bonchev–Trinajstić information content (AvgIpc) is 2.87. The van der Waals surface area contributed by atoms with Crippen LogP contribution in [0.25, 0.3) is 0 Å². The molecule has 1 aliphatic rings. The van der Waals surface area contributed by atoms with Gasteiger partial charge in [-0.05, 0) is 27.7 Å². The Kier molecular flexibility index (Phi) is 15.0. The van der Waals surface area contributed by atoms with Gasteiger partial charge >= 0.3 is 0 Å². The zero-order valence-electron chi connectivity index (χ0n) is 9.99. The molecular weight excluding hydrogens is 180 g/mol. The topological polar surface area (TPSA) is 49.7 Å². The Morgan fingerprint density at radius 2 is 1.14 bits per heavy atom. The fourth-order valence-electron chi connectivity index (χ4n) is 0.544. The van der Waals surface area contributed by atoms with Gasteiger partial charge in [-0.25, -0.2) is 0 Å². The highest BCUT2D eigenvalue weighted by molar-refractivity contribution is 4.50. The molecule has 0 aromatic rings. The lowest BCUT2D eigenvalue weighted by Gasteiger charge is -2.09. The molecule has 3 heteroatoms. The number of hydrogen-bond acceptors (Lipinski definition) is 3. The summed E-state index contributed by atoms with van der Waals surface area (Å²) in [6, 6.07) is 0. The van der Waals surface area contributed by atoms with Gasteiger partial charge in [0.25, 0.3) is 0 Å². The molecule has 2 N–H and O–H groups in total. The highest BCUT2D eigenvalue weighted by atomic mass is 16.5. The molecule has 0 atom stereocenters. The smallest absolute Gasteiger partial charge is 0.0662 e. The number of rotatable bonds is 3. The zero-order chi connectivity index (χ0) is 11.4. The van der Waals surface area contributed by atoms with E-state index in [0.29, 0.717) is 12.2 Å². The second-order valence-corrected chi connectivity index (χ2v) is 3.74. The molecule has 3 nitrogen and oxygen atoms in total. The highest BCUT2D eigenvalue weighted by Crippen LogP contribution is 2.14. The fraction of sp³-hybridized carbons (Fsp3) is 1.00. The van der Waals surface area contributed by atoms with Crippen LogP contribution in [0.3, 0.4) is 0 Å². The maximum Gasteiger partial charge on any atom is 0.0662 e.